The molecule has 0 bridgehead atoms. The van der Waals surface area contributed by atoms with Crippen molar-refractivity contribution >= 4 is 5.78 Å². The van der Waals surface area contributed by atoms with Gasteiger partial charge in [-0.1, -0.05) is 32.1 Å². The van der Waals surface area contributed by atoms with E-state index in [1.165, 1.54) is 32.1 Å². The fourth-order valence-electron chi connectivity index (χ4n) is 2.77. The highest BCUT2D eigenvalue weighted by Gasteiger charge is 2.20. The van der Waals surface area contributed by atoms with Crippen LogP contribution in [0.3, 0.4) is 0 Å². The van der Waals surface area contributed by atoms with Crippen LogP contribution in [-0.2, 0) is 6.54 Å². The van der Waals surface area contributed by atoms with Crippen LogP contribution in [0.5, 0.6) is 0 Å². The molecule has 94 valence electrons. The number of aromatic nitrogens is 2. The Morgan fingerprint density at radius 1 is 1.41 bits per heavy atom. The summed E-state index contributed by atoms with van der Waals surface area (Å²) in [6.07, 6.45) is 7.10. The summed E-state index contributed by atoms with van der Waals surface area (Å²) in [5.74, 6) is 0.885. The third-order valence-electron chi connectivity index (χ3n) is 3.69. The Labute approximate surface area is 103 Å². The van der Waals surface area contributed by atoms with Gasteiger partial charge in [0.25, 0.3) is 0 Å². The molecule has 0 atom stereocenters. The number of Topliss-reactive ketones (excluding diaryl/α,β-unsaturated/α-hetero) is 1. The second-order valence-electron chi connectivity index (χ2n) is 5.12. The van der Waals surface area contributed by atoms with Crippen molar-refractivity contribution in [2.24, 2.45) is 5.92 Å². The number of nitrogens with zero attached hydrogens (tertiary/aromatic N) is 2. The van der Waals surface area contributed by atoms with Gasteiger partial charge in [0.05, 0.1) is 5.69 Å². The average molecular weight is 234 g/mol. The second kappa shape index (κ2) is 5.48. The Balaban J connectivity index is 2.02. The van der Waals surface area contributed by atoms with Gasteiger partial charge in [0.1, 0.15) is 5.69 Å². The minimum Gasteiger partial charge on any atom is -0.292 e. The van der Waals surface area contributed by atoms with Crippen molar-refractivity contribution < 1.29 is 4.79 Å². The number of hydrogen-bond acceptors (Lipinski definition) is 2. The van der Waals surface area contributed by atoms with Gasteiger partial charge < -0.3 is 0 Å². The normalized spacial score (nSPS) is 17.3. The predicted molar refractivity (Wildman–Crippen MR) is 68.2 cm³/mol. The fourth-order valence-corrected chi connectivity index (χ4v) is 2.77. The van der Waals surface area contributed by atoms with Crippen molar-refractivity contribution in [3.05, 3.63) is 17.5 Å². The molecule has 1 aromatic heterocycles. The van der Waals surface area contributed by atoms with Gasteiger partial charge in [-0.25, -0.2) is 0 Å². The molecule has 0 spiro atoms. The van der Waals surface area contributed by atoms with Gasteiger partial charge in [-0.3, -0.25) is 9.48 Å². The molecule has 1 fully saturated rings. The summed E-state index contributed by atoms with van der Waals surface area (Å²) in [6.45, 7) is 4.76. The fraction of sp³-hybridized carbons (Fsp3) is 0.714. The van der Waals surface area contributed by atoms with E-state index in [4.69, 9.17) is 0 Å². The van der Waals surface area contributed by atoms with E-state index in [1.54, 1.807) is 0 Å². The first-order valence-corrected chi connectivity index (χ1v) is 6.78. The van der Waals surface area contributed by atoms with E-state index < -0.39 is 0 Å². The highest BCUT2D eigenvalue weighted by Crippen LogP contribution is 2.27. The minimum atomic E-state index is 0.277. The lowest BCUT2D eigenvalue weighted by Crippen LogP contribution is -2.15. The highest BCUT2D eigenvalue weighted by molar-refractivity contribution is 5.94. The molecule has 0 amide bonds. The predicted octanol–water partition coefficient (Wildman–Crippen LogP) is 3.36. The molecule has 0 unspecified atom stereocenters. The number of hydrogen-bond donors (Lipinski definition) is 0. The Hall–Kier alpha value is -1.12. The minimum absolute atomic E-state index is 0.277. The molecule has 2 rings (SSSR count). The van der Waals surface area contributed by atoms with E-state index in [2.05, 4.69) is 5.10 Å². The van der Waals surface area contributed by atoms with Crippen LogP contribution in [0, 0.1) is 12.8 Å². The lowest BCUT2D eigenvalue weighted by molar-refractivity contribution is 0.0939. The monoisotopic (exact) mass is 234 g/mol. The molecule has 0 N–H and O–H groups in total. The third kappa shape index (κ3) is 2.96. The number of rotatable bonds is 4. The Bertz CT molecular complexity index is 389. The molecule has 1 aliphatic carbocycles. The average Bonchev–Trinajstić information content (AvgIpc) is 2.72. The van der Waals surface area contributed by atoms with Crippen molar-refractivity contribution in [1.29, 1.82) is 0 Å². The second-order valence-corrected chi connectivity index (χ2v) is 5.12. The maximum Gasteiger partial charge on any atom is 0.181 e. The van der Waals surface area contributed by atoms with Gasteiger partial charge in [0.15, 0.2) is 5.78 Å². The van der Waals surface area contributed by atoms with Gasteiger partial charge >= 0.3 is 0 Å². The Kier molecular flexibility index (Phi) is 3.97. The van der Waals surface area contributed by atoms with Crippen molar-refractivity contribution in [3.63, 3.8) is 0 Å². The molecule has 1 saturated carbocycles. The molecular weight excluding hydrogens is 212 g/mol. The number of carbonyl (C=O) groups is 1. The summed E-state index contributed by atoms with van der Waals surface area (Å²) in [7, 11) is 0. The smallest absolute Gasteiger partial charge is 0.181 e. The van der Waals surface area contributed by atoms with E-state index in [0.717, 1.165) is 17.9 Å². The van der Waals surface area contributed by atoms with Crippen LogP contribution in [0.2, 0.25) is 0 Å². The first-order valence-electron chi connectivity index (χ1n) is 6.78. The highest BCUT2D eigenvalue weighted by atomic mass is 16.1. The van der Waals surface area contributed by atoms with Crippen molar-refractivity contribution in [3.8, 4) is 0 Å². The molecule has 1 heterocycles. The van der Waals surface area contributed by atoms with Crippen LogP contribution in [-0.4, -0.2) is 15.6 Å². The molecule has 3 nitrogen and oxygen atoms in total. The molecule has 3 heteroatoms. The van der Waals surface area contributed by atoms with Gasteiger partial charge in [-0.2, -0.15) is 5.10 Å². The Morgan fingerprint density at radius 3 is 2.76 bits per heavy atom. The molecule has 17 heavy (non-hydrogen) atoms. The van der Waals surface area contributed by atoms with Gasteiger partial charge in [-0.15, -0.1) is 0 Å². The largest absolute Gasteiger partial charge is 0.292 e. The number of carbonyl (C=O) groups excluding carboxylic acids is 1. The lowest BCUT2D eigenvalue weighted by atomic mass is 9.85. The maximum absolute atomic E-state index is 12.2. The summed E-state index contributed by atoms with van der Waals surface area (Å²) in [4.78, 5) is 12.2. The van der Waals surface area contributed by atoms with E-state index >= 15 is 0 Å². The van der Waals surface area contributed by atoms with Gasteiger partial charge in [0.2, 0.25) is 0 Å². The molecule has 0 aromatic carbocycles. The van der Waals surface area contributed by atoms with Crippen LogP contribution >= 0.6 is 0 Å². The van der Waals surface area contributed by atoms with Crippen LogP contribution < -0.4 is 0 Å². The summed E-state index contributed by atoms with van der Waals surface area (Å²) in [6, 6.07) is 1.93. The molecular formula is C14H22N2O. The third-order valence-corrected chi connectivity index (χ3v) is 3.69. The summed E-state index contributed by atoms with van der Waals surface area (Å²) in [5, 5.41) is 4.34. The molecule has 0 saturated heterocycles. The van der Waals surface area contributed by atoms with E-state index in [9.17, 15) is 4.79 Å². The zero-order chi connectivity index (χ0) is 12.3. The molecule has 1 aromatic rings. The maximum atomic E-state index is 12.2. The SMILES string of the molecule is CCn1nc(C)cc1C(=O)CC1CCCCC1. The van der Waals surface area contributed by atoms with E-state index in [0.29, 0.717) is 12.3 Å². The molecule has 0 radical (unpaired) electrons. The number of ketones is 1. The van der Waals surface area contributed by atoms with Crippen LogP contribution in [0.1, 0.15) is 61.6 Å². The lowest BCUT2D eigenvalue weighted by Gasteiger charge is -2.20. The van der Waals surface area contributed by atoms with Gasteiger partial charge in [0, 0.05) is 13.0 Å². The van der Waals surface area contributed by atoms with Crippen LogP contribution in [0.25, 0.3) is 0 Å². The number of aryl methyl sites for hydroxylation is 2. The first-order chi connectivity index (χ1) is 8.20. The standard InChI is InChI=1S/C14H22N2O/c1-3-16-13(9-11(2)15-16)14(17)10-12-7-5-4-6-8-12/h9,12H,3-8,10H2,1-2H3. The zero-order valence-electron chi connectivity index (χ0n) is 10.9. The Morgan fingerprint density at radius 2 is 2.12 bits per heavy atom. The quantitative estimate of drug-likeness (QED) is 0.749. The summed E-state index contributed by atoms with van der Waals surface area (Å²) < 4.78 is 1.83. The van der Waals surface area contributed by atoms with Crippen molar-refractivity contribution in [2.45, 2.75) is 58.9 Å². The summed E-state index contributed by atoms with van der Waals surface area (Å²) in [5.41, 5.74) is 1.74. The zero-order valence-corrected chi connectivity index (χ0v) is 10.9. The van der Waals surface area contributed by atoms with Crippen LogP contribution in [0.15, 0.2) is 6.07 Å². The molecule has 0 aliphatic heterocycles. The summed E-state index contributed by atoms with van der Waals surface area (Å²) >= 11 is 0. The van der Waals surface area contributed by atoms with Crippen molar-refractivity contribution in [1.82, 2.24) is 9.78 Å². The molecule has 1 aliphatic rings. The topological polar surface area (TPSA) is 34.9 Å². The van der Waals surface area contributed by atoms with E-state index in [1.807, 2.05) is 24.6 Å². The van der Waals surface area contributed by atoms with Crippen molar-refractivity contribution in [2.75, 3.05) is 0 Å². The first kappa shape index (κ1) is 12.3. The van der Waals surface area contributed by atoms with Crippen LogP contribution in [0.4, 0.5) is 0 Å². The van der Waals surface area contributed by atoms with E-state index in [-0.39, 0.29) is 5.78 Å². The van der Waals surface area contributed by atoms with Gasteiger partial charge in [-0.05, 0) is 25.8 Å².